The van der Waals surface area contributed by atoms with Gasteiger partial charge in [-0.3, -0.25) is 0 Å². The first-order chi connectivity index (χ1) is 9.92. The molecule has 21 heavy (non-hydrogen) atoms. The molecular weight excluding hydrogens is 290 g/mol. The van der Waals surface area contributed by atoms with Crippen molar-refractivity contribution in [1.82, 2.24) is 14.9 Å². The number of nitrogens with one attached hydrogen (secondary N) is 1. The Labute approximate surface area is 124 Å². The van der Waals surface area contributed by atoms with Gasteiger partial charge in [-0.05, 0) is 24.1 Å². The Morgan fingerprint density at radius 1 is 1.19 bits per heavy atom. The van der Waals surface area contributed by atoms with Crippen LogP contribution in [0.1, 0.15) is 44.0 Å². The molecule has 1 heterocycles. The summed E-state index contributed by atoms with van der Waals surface area (Å²) < 4.78 is 32.1. The van der Waals surface area contributed by atoms with Crippen molar-refractivity contribution in [2.45, 2.75) is 44.6 Å². The minimum atomic E-state index is -3.57. The lowest BCUT2D eigenvalue weighted by Gasteiger charge is -2.05. The number of sulfonamides is 1. The molecule has 2 rings (SSSR count). The van der Waals surface area contributed by atoms with Crippen molar-refractivity contribution < 1.29 is 12.8 Å². The van der Waals surface area contributed by atoms with E-state index in [0.717, 1.165) is 12.0 Å². The zero-order valence-electron chi connectivity index (χ0n) is 12.3. The van der Waals surface area contributed by atoms with E-state index in [1.54, 1.807) is 24.3 Å². The summed E-state index contributed by atoms with van der Waals surface area (Å²) in [5.74, 6) is 0.869. The van der Waals surface area contributed by atoms with Gasteiger partial charge in [0, 0.05) is 5.92 Å². The maximum Gasteiger partial charge on any atom is 0.241 e. The molecule has 7 heteroatoms. The quantitative estimate of drug-likeness (QED) is 0.884. The average Bonchev–Trinajstić information content (AvgIpc) is 2.94. The van der Waals surface area contributed by atoms with Crippen molar-refractivity contribution in [1.29, 1.82) is 0 Å². The lowest BCUT2D eigenvalue weighted by Crippen LogP contribution is -2.23. The molecule has 0 aliphatic heterocycles. The Bertz CT molecular complexity index is 691. The van der Waals surface area contributed by atoms with Crippen LogP contribution in [0.2, 0.25) is 0 Å². The monoisotopic (exact) mass is 309 g/mol. The number of benzene rings is 1. The van der Waals surface area contributed by atoms with Gasteiger partial charge in [-0.25, -0.2) is 13.1 Å². The second-order valence-electron chi connectivity index (χ2n) is 5.01. The average molecular weight is 309 g/mol. The van der Waals surface area contributed by atoms with Gasteiger partial charge in [-0.15, -0.1) is 10.2 Å². The topological polar surface area (TPSA) is 85.1 Å². The van der Waals surface area contributed by atoms with Crippen molar-refractivity contribution in [2.75, 3.05) is 0 Å². The highest BCUT2D eigenvalue weighted by Crippen LogP contribution is 2.14. The molecule has 0 amide bonds. The predicted octanol–water partition coefficient (Wildman–Crippen LogP) is 2.23. The largest absolute Gasteiger partial charge is 0.424 e. The standard InChI is InChI=1S/C14H19N3O3S/c1-4-11-5-7-12(8-6-11)21(18,19)15-9-13-16-17-14(20-13)10(2)3/h5-8,10,15H,4,9H2,1-3H3. The molecule has 0 bridgehead atoms. The highest BCUT2D eigenvalue weighted by molar-refractivity contribution is 7.89. The smallest absolute Gasteiger partial charge is 0.241 e. The van der Waals surface area contributed by atoms with E-state index in [4.69, 9.17) is 4.42 Å². The Hall–Kier alpha value is -1.73. The third kappa shape index (κ3) is 3.89. The van der Waals surface area contributed by atoms with Crippen LogP contribution in [-0.2, 0) is 23.0 Å². The van der Waals surface area contributed by atoms with Crippen molar-refractivity contribution in [3.8, 4) is 0 Å². The molecule has 1 N–H and O–H groups in total. The SMILES string of the molecule is CCc1ccc(S(=O)(=O)NCc2nnc(C(C)C)o2)cc1. The third-order valence-corrected chi connectivity index (χ3v) is 4.45. The van der Waals surface area contributed by atoms with Crippen LogP contribution in [0.3, 0.4) is 0 Å². The number of hydrogen-bond acceptors (Lipinski definition) is 5. The predicted molar refractivity (Wildman–Crippen MR) is 78.2 cm³/mol. The summed E-state index contributed by atoms with van der Waals surface area (Å²) in [4.78, 5) is 0.225. The Kier molecular flexibility index (Phi) is 4.74. The highest BCUT2D eigenvalue weighted by atomic mass is 32.2. The molecule has 0 aliphatic carbocycles. The molecular formula is C14H19N3O3S. The number of aromatic nitrogens is 2. The summed E-state index contributed by atoms with van der Waals surface area (Å²) in [5, 5.41) is 7.68. The molecule has 0 spiro atoms. The first-order valence-electron chi connectivity index (χ1n) is 6.83. The van der Waals surface area contributed by atoms with Gasteiger partial charge >= 0.3 is 0 Å². The van der Waals surface area contributed by atoms with Gasteiger partial charge in [0.25, 0.3) is 0 Å². The van der Waals surface area contributed by atoms with Gasteiger partial charge in [0.15, 0.2) is 0 Å². The Morgan fingerprint density at radius 2 is 1.86 bits per heavy atom. The molecule has 114 valence electrons. The molecule has 0 saturated heterocycles. The fourth-order valence-electron chi connectivity index (χ4n) is 1.72. The van der Waals surface area contributed by atoms with Gasteiger partial charge in [-0.1, -0.05) is 32.9 Å². The molecule has 0 fully saturated rings. The minimum absolute atomic E-state index is 0.0163. The second-order valence-corrected chi connectivity index (χ2v) is 6.78. The van der Waals surface area contributed by atoms with Crippen LogP contribution in [0.15, 0.2) is 33.6 Å². The lowest BCUT2D eigenvalue weighted by atomic mass is 10.2. The number of rotatable bonds is 6. The van der Waals surface area contributed by atoms with E-state index < -0.39 is 10.0 Å². The molecule has 6 nitrogen and oxygen atoms in total. The summed E-state index contributed by atoms with van der Waals surface area (Å²) in [5.41, 5.74) is 1.09. The third-order valence-electron chi connectivity index (χ3n) is 3.03. The van der Waals surface area contributed by atoms with Crippen LogP contribution in [-0.4, -0.2) is 18.6 Å². The summed E-state index contributed by atoms with van der Waals surface area (Å²) in [6.45, 7) is 5.86. The van der Waals surface area contributed by atoms with E-state index in [9.17, 15) is 8.42 Å². The van der Waals surface area contributed by atoms with Gasteiger partial charge in [0.05, 0.1) is 11.4 Å². The maximum absolute atomic E-state index is 12.1. The summed E-state index contributed by atoms with van der Waals surface area (Å²) in [6, 6.07) is 6.79. The molecule has 2 aromatic rings. The molecule has 1 aromatic carbocycles. The maximum atomic E-state index is 12.1. The van der Waals surface area contributed by atoms with E-state index in [1.165, 1.54) is 0 Å². The fourth-order valence-corrected chi connectivity index (χ4v) is 2.69. The van der Waals surface area contributed by atoms with Crippen LogP contribution in [0.5, 0.6) is 0 Å². The zero-order valence-corrected chi connectivity index (χ0v) is 13.1. The van der Waals surface area contributed by atoms with E-state index in [0.29, 0.717) is 5.89 Å². The van der Waals surface area contributed by atoms with Crippen LogP contribution < -0.4 is 4.72 Å². The molecule has 0 radical (unpaired) electrons. The minimum Gasteiger partial charge on any atom is -0.424 e. The first kappa shape index (κ1) is 15.7. The molecule has 0 atom stereocenters. The van der Waals surface area contributed by atoms with Crippen LogP contribution in [0, 0.1) is 0 Å². The van der Waals surface area contributed by atoms with Crippen LogP contribution in [0.4, 0.5) is 0 Å². The van der Waals surface area contributed by atoms with Crippen LogP contribution >= 0.6 is 0 Å². The summed E-state index contributed by atoms with van der Waals surface area (Å²) in [7, 11) is -3.57. The van der Waals surface area contributed by atoms with E-state index in [-0.39, 0.29) is 23.2 Å². The van der Waals surface area contributed by atoms with E-state index in [2.05, 4.69) is 14.9 Å². The van der Waals surface area contributed by atoms with Gasteiger partial charge in [0.2, 0.25) is 21.8 Å². The summed E-state index contributed by atoms with van der Waals surface area (Å²) in [6.07, 6.45) is 0.869. The van der Waals surface area contributed by atoms with E-state index >= 15 is 0 Å². The second kappa shape index (κ2) is 6.36. The molecule has 0 aliphatic rings. The Balaban J connectivity index is 2.06. The number of aryl methyl sites for hydroxylation is 1. The van der Waals surface area contributed by atoms with Crippen molar-refractivity contribution in [2.24, 2.45) is 0 Å². The summed E-state index contributed by atoms with van der Waals surface area (Å²) >= 11 is 0. The van der Waals surface area contributed by atoms with Crippen LogP contribution in [0.25, 0.3) is 0 Å². The van der Waals surface area contributed by atoms with Gasteiger partial charge < -0.3 is 4.42 Å². The normalized spacial score (nSPS) is 12.0. The fraction of sp³-hybridized carbons (Fsp3) is 0.429. The Morgan fingerprint density at radius 3 is 2.38 bits per heavy atom. The van der Waals surface area contributed by atoms with Crippen molar-refractivity contribution in [3.05, 3.63) is 41.6 Å². The molecule has 1 aromatic heterocycles. The zero-order chi connectivity index (χ0) is 15.5. The van der Waals surface area contributed by atoms with E-state index in [1.807, 2.05) is 20.8 Å². The van der Waals surface area contributed by atoms with Gasteiger partial charge in [-0.2, -0.15) is 0 Å². The first-order valence-corrected chi connectivity index (χ1v) is 8.31. The molecule has 0 unspecified atom stereocenters. The molecule has 0 saturated carbocycles. The number of nitrogens with zero attached hydrogens (tertiary/aromatic N) is 2. The number of hydrogen-bond donors (Lipinski definition) is 1. The highest BCUT2D eigenvalue weighted by Gasteiger charge is 2.16. The lowest BCUT2D eigenvalue weighted by molar-refractivity contribution is 0.427. The van der Waals surface area contributed by atoms with Gasteiger partial charge in [0.1, 0.15) is 0 Å². The van der Waals surface area contributed by atoms with Crippen molar-refractivity contribution >= 4 is 10.0 Å². The van der Waals surface area contributed by atoms with Crippen molar-refractivity contribution in [3.63, 3.8) is 0 Å².